The van der Waals surface area contributed by atoms with E-state index in [0.29, 0.717) is 34.6 Å². The Morgan fingerprint density at radius 2 is 2.00 bits per heavy atom. The highest BCUT2D eigenvalue weighted by Crippen LogP contribution is 2.38. The lowest BCUT2D eigenvalue weighted by atomic mass is 9.86. The van der Waals surface area contributed by atoms with E-state index in [0.717, 1.165) is 11.1 Å². The van der Waals surface area contributed by atoms with Crippen LogP contribution in [0.1, 0.15) is 29.0 Å². The number of carbonyl (C=O) groups excluding carboxylic acids is 1. The van der Waals surface area contributed by atoms with Crippen LogP contribution in [0.15, 0.2) is 58.5 Å². The molecule has 0 bridgehead atoms. The summed E-state index contributed by atoms with van der Waals surface area (Å²) in [7, 11) is 1.55. The molecule has 1 amide bonds. The lowest BCUT2D eigenvalue weighted by Gasteiger charge is -2.25. The molecular formula is C24H21N3O4S. The van der Waals surface area contributed by atoms with Gasteiger partial charge in [0, 0.05) is 12.3 Å². The number of anilines is 1. The standard InChI is InChI=1S/C24H21N3O4S/c1-3-11-32-24-26-22-21(23(29)27-24)17(13-20(28)25-22)16-9-10-18(19(12-16)30-2)31-14-15-7-5-4-6-8-15/h1,4-10,12,17H,11,13-14H2,2H3,(H2,25,26,27,28,29)/t17-/m0/s1. The smallest absolute Gasteiger partial charge is 0.257 e. The van der Waals surface area contributed by atoms with Gasteiger partial charge >= 0.3 is 0 Å². The first-order valence-electron chi connectivity index (χ1n) is 9.94. The molecular weight excluding hydrogens is 426 g/mol. The van der Waals surface area contributed by atoms with Crippen LogP contribution < -0.4 is 20.3 Å². The van der Waals surface area contributed by atoms with Crippen LogP contribution in [-0.2, 0) is 11.4 Å². The first kappa shape index (κ1) is 21.5. The number of H-pyrrole nitrogens is 1. The van der Waals surface area contributed by atoms with E-state index in [1.807, 2.05) is 36.4 Å². The Hall–Kier alpha value is -3.70. The van der Waals surface area contributed by atoms with Crippen molar-refractivity contribution in [2.75, 3.05) is 18.2 Å². The van der Waals surface area contributed by atoms with Crippen molar-refractivity contribution in [3.63, 3.8) is 0 Å². The summed E-state index contributed by atoms with van der Waals surface area (Å²) in [6, 6.07) is 15.2. The molecule has 162 valence electrons. The highest BCUT2D eigenvalue weighted by Gasteiger charge is 2.31. The van der Waals surface area contributed by atoms with E-state index >= 15 is 0 Å². The van der Waals surface area contributed by atoms with Crippen molar-refractivity contribution >= 4 is 23.5 Å². The van der Waals surface area contributed by atoms with Gasteiger partial charge in [0.2, 0.25) is 5.91 Å². The number of hydrogen-bond acceptors (Lipinski definition) is 6. The van der Waals surface area contributed by atoms with Crippen LogP contribution >= 0.6 is 11.8 Å². The first-order chi connectivity index (χ1) is 15.6. The molecule has 7 nitrogen and oxygen atoms in total. The summed E-state index contributed by atoms with van der Waals surface area (Å²) in [6.07, 6.45) is 5.41. The van der Waals surface area contributed by atoms with Crippen molar-refractivity contribution in [3.05, 3.63) is 75.6 Å². The summed E-state index contributed by atoms with van der Waals surface area (Å²) in [4.78, 5) is 32.4. The Labute approximate surface area is 189 Å². The molecule has 3 aromatic rings. The second kappa shape index (κ2) is 9.62. The molecule has 1 aromatic heterocycles. The normalized spacial score (nSPS) is 14.8. The first-order valence-corrected chi connectivity index (χ1v) is 10.9. The second-order valence-electron chi connectivity index (χ2n) is 7.12. The van der Waals surface area contributed by atoms with E-state index in [-0.39, 0.29) is 23.7 Å². The molecule has 2 aromatic carbocycles. The van der Waals surface area contributed by atoms with Crippen LogP contribution in [0.5, 0.6) is 11.5 Å². The molecule has 1 aliphatic heterocycles. The van der Waals surface area contributed by atoms with Crippen LogP contribution in [0.25, 0.3) is 0 Å². The number of rotatable bonds is 7. The van der Waals surface area contributed by atoms with Gasteiger partial charge < -0.3 is 19.8 Å². The molecule has 8 heteroatoms. The lowest BCUT2D eigenvalue weighted by molar-refractivity contribution is -0.116. The average Bonchev–Trinajstić information content (AvgIpc) is 2.81. The molecule has 0 radical (unpaired) electrons. The molecule has 1 aliphatic rings. The van der Waals surface area contributed by atoms with Crippen LogP contribution in [0, 0.1) is 12.3 Å². The summed E-state index contributed by atoms with van der Waals surface area (Å²) >= 11 is 1.23. The molecule has 0 unspecified atom stereocenters. The highest BCUT2D eigenvalue weighted by atomic mass is 32.2. The van der Waals surface area contributed by atoms with E-state index < -0.39 is 5.92 Å². The molecule has 0 fully saturated rings. The fourth-order valence-electron chi connectivity index (χ4n) is 3.57. The number of thioether (sulfide) groups is 1. The lowest BCUT2D eigenvalue weighted by Crippen LogP contribution is -2.31. The number of benzene rings is 2. The molecule has 1 atom stereocenters. The van der Waals surface area contributed by atoms with E-state index in [1.165, 1.54) is 11.8 Å². The van der Waals surface area contributed by atoms with Gasteiger partial charge in [-0.15, -0.1) is 6.42 Å². The van der Waals surface area contributed by atoms with Gasteiger partial charge in [0.1, 0.15) is 12.4 Å². The third kappa shape index (κ3) is 4.63. The van der Waals surface area contributed by atoms with Crippen LogP contribution in [-0.4, -0.2) is 28.7 Å². The van der Waals surface area contributed by atoms with Crippen molar-refractivity contribution < 1.29 is 14.3 Å². The zero-order valence-electron chi connectivity index (χ0n) is 17.4. The van der Waals surface area contributed by atoms with Crippen molar-refractivity contribution in [1.82, 2.24) is 9.97 Å². The largest absolute Gasteiger partial charge is 0.493 e. The van der Waals surface area contributed by atoms with Crippen LogP contribution in [0.2, 0.25) is 0 Å². The minimum Gasteiger partial charge on any atom is -0.493 e. The Balaban J connectivity index is 1.64. The summed E-state index contributed by atoms with van der Waals surface area (Å²) in [5, 5.41) is 3.08. The van der Waals surface area contributed by atoms with Gasteiger partial charge in [-0.2, -0.15) is 0 Å². The van der Waals surface area contributed by atoms with Gasteiger partial charge in [-0.25, -0.2) is 4.98 Å². The van der Waals surface area contributed by atoms with Crippen molar-refractivity contribution in [1.29, 1.82) is 0 Å². The number of nitrogens with zero attached hydrogens (tertiary/aromatic N) is 1. The molecule has 0 aliphatic carbocycles. The number of carbonyl (C=O) groups is 1. The topological polar surface area (TPSA) is 93.3 Å². The molecule has 0 spiro atoms. The molecule has 2 N–H and O–H groups in total. The third-order valence-corrected chi connectivity index (χ3v) is 5.83. The van der Waals surface area contributed by atoms with Gasteiger partial charge in [0.05, 0.1) is 18.4 Å². The Morgan fingerprint density at radius 3 is 2.75 bits per heavy atom. The molecule has 0 saturated heterocycles. The summed E-state index contributed by atoms with van der Waals surface area (Å²) in [6.45, 7) is 0.396. The van der Waals surface area contributed by atoms with Crippen molar-refractivity contribution in [3.8, 4) is 23.8 Å². The fraction of sp³-hybridized carbons (Fsp3) is 0.208. The second-order valence-corrected chi connectivity index (χ2v) is 8.08. The number of hydrogen-bond donors (Lipinski definition) is 2. The number of ether oxygens (including phenoxy) is 2. The number of fused-ring (bicyclic) bond motifs is 1. The SMILES string of the molecule is C#CCSc1nc2c(c(=O)[nH]1)[C@H](c1ccc(OCc3ccccc3)c(OC)c1)CC(=O)N2. The summed E-state index contributed by atoms with van der Waals surface area (Å²) in [5.74, 6) is 3.54. The Kier molecular flexibility index (Phi) is 6.47. The average molecular weight is 448 g/mol. The van der Waals surface area contributed by atoms with Gasteiger partial charge in [0.15, 0.2) is 16.7 Å². The highest BCUT2D eigenvalue weighted by molar-refractivity contribution is 7.99. The van der Waals surface area contributed by atoms with Crippen molar-refractivity contribution in [2.24, 2.45) is 0 Å². The number of aromatic nitrogens is 2. The molecule has 4 rings (SSSR count). The van der Waals surface area contributed by atoms with E-state index in [2.05, 4.69) is 21.2 Å². The number of nitrogens with one attached hydrogen (secondary N) is 2. The maximum Gasteiger partial charge on any atom is 0.257 e. The molecule has 32 heavy (non-hydrogen) atoms. The fourth-order valence-corrected chi connectivity index (χ4v) is 4.11. The van der Waals surface area contributed by atoms with E-state index in [9.17, 15) is 9.59 Å². The number of amides is 1. The number of aromatic amines is 1. The van der Waals surface area contributed by atoms with Gasteiger partial charge in [-0.1, -0.05) is 54.1 Å². The zero-order valence-corrected chi connectivity index (χ0v) is 18.2. The van der Waals surface area contributed by atoms with Gasteiger partial charge in [-0.3, -0.25) is 9.59 Å². The van der Waals surface area contributed by atoms with Gasteiger partial charge in [-0.05, 0) is 23.3 Å². The summed E-state index contributed by atoms with van der Waals surface area (Å²) in [5.41, 5.74) is 1.91. The monoisotopic (exact) mass is 447 g/mol. The molecule has 2 heterocycles. The predicted octanol–water partition coefficient (Wildman–Crippen LogP) is 3.56. The Morgan fingerprint density at radius 1 is 1.19 bits per heavy atom. The Bertz CT molecular complexity index is 1230. The van der Waals surface area contributed by atoms with Gasteiger partial charge in [0.25, 0.3) is 5.56 Å². The maximum absolute atomic E-state index is 12.9. The predicted molar refractivity (Wildman–Crippen MR) is 123 cm³/mol. The molecule has 0 saturated carbocycles. The van der Waals surface area contributed by atoms with E-state index in [1.54, 1.807) is 19.2 Å². The number of methoxy groups -OCH3 is 1. The van der Waals surface area contributed by atoms with Crippen LogP contribution in [0.3, 0.4) is 0 Å². The van der Waals surface area contributed by atoms with Crippen molar-refractivity contribution in [2.45, 2.75) is 24.1 Å². The third-order valence-electron chi connectivity index (χ3n) is 5.05. The quantitative estimate of drug-likeness (QED) is 0.327. The minimum atomic E-state index is -0.459. The van der Waals surface area contributed by atoms with E-state index in [4.69, 9.17) is 15.9 Å². The van der Waals surface area contributed by atoms with Crippen LogP contribution in [0.4, 0.5) is 5.82 Å². The maximum atomic E-state index is 12.9. The summed E-state index contributed by atoms with van der Waals surface area (Å²) < 4.78 is 11.4. The number of terminal acetylenes is 1. The zero-order chi connectivity index (χ0) is 22.5. The minimum absolute atomic E-state index is 0.127.